The molecule has 0 bridgehead atoms. The van der Waals surface area contributed by atoms with Gasteiger partial charge in [-0.25, -0.2) is 13.9 Å². The average molecular weight is 461 g/mol. The van der Waals surface area contributed by atoms with Crippen molar-refractivity contribution in [1.29, 1.82) is 0 Å². The number of ether oxygens (including phenoxy) is 2. The van der Waals surface area contributed by atoms with Gasteiger partial charge in [-0.1, -0.05) is 27.7 Å². The Morgan fingerprint density at radius 3 is 2.68 bits per heavy atom. The van der Waals surface area contributed by atoms with Crippen LogP contribution in [0.5, 0.6) is 0 Å². The van der Waals surface area contributed by atoms with E-state index in [1.807, 2.05) is 20.8 Å². The summed E-state index contributed by atoms with van der Waals surface area (Å²) < 4.78 is 37.4. The van der Waals surface area contributed by atoms with Crippen molar-refractivity contribution in [2.24, 2.45) is 5.92 Å². The summed E-state index contributed by atoms with van der Waals surface area (Å²) in [4.78, 5) is 35.5. The van der Waals surface area contributed by atoms with Gasteiger partial charge in [0.2, 0.25) is 12.7 Å². The maximum atomic E-state index is 12.6. The van der Waals surface area contributed by atoms with E-state index in [2.05, 4.69) is 20.3 Å². The van der Waals surface area contributed by atoms with Crippen LogP contribution in [0, 0.1) is 5.92 Å². The van der Waals surface area contributed by atoms with Crippen molar-refractivity contribution >= 4 is 25.7 Å². The van der Waals surface area contributed by atoms with Gasteiger partial charge in [-0.3, -0.25) is 23.7 Å². The number of aromatic nitrogens is 2. The highest BCUT2D eigenvalue weighted by Gasteiger charge is 2.43. The van der Waals surface area contributed by atoms with Gasteiger partial charge in [0.1, 0.15) is 5.69 Å². The lowest BCUT2D eigenvalue weighted by atomic mass is 9.92. The molecule has 1 aliphatic rings. The van der Waals surface area contributed by atoms with Gasteiger partial charge < -0.3 is 14.8 Å². The quantitative estimate of drug-likeness (QED) is 0.332. The second kappa shape index (κ2) is 10.4. The molecule has 174 valence electrons. The van der Waals surface area contributed by atoms with Gasteiger partial charge in [-0.05, 0) is 6.07 Å². The summed E-state index contributed by atoms with van der Waals surface area (Å²) >= 11 is 0. The summed E-state index contributed by atoms with van der Waals surface area (Å²) in [5, 5.41) is 9.13. The molecule has 0 aliphatic carbocycles. The molecule has 0 spiro atoms. The molecule has 0 aromatic carbocycles. The Kier molecular flexibility index (Phi) is 8.35. The lowest BCUT2D eigenvalue weighted by Gasteiger charge is -2.32. The molecular formula is C18H28N3O9P. The van der Waals surface area contributed by atoms with E-state index in [9.17, 15) is 18.9 Å². The Hall–Kier alpha value is -2.27. The zero-order valence-electron chi connectivity index (χ0n) is 18.1. The first-order valence-electron chi connectivity index (χ1n) is 9.60. The van der Waals surface area contributed by atoms with E-state index >= 15 is 0 Å². The number of phosphoric ester groups is 1. The van der Waals surface area contributed by atoms with E-state index < -0.39 is 44.5 Å². The molecule has 1 aromatic heterocycles. The van der Waals surface area contributed by atoms with Crippen LogP contribution in [0.4, 0.5) is 0 Å². The van der Waals surface area contributed by atoms with Crippen molar-refractivity contribution in [1.82, 2.24) is 15.5 Å². The molecule has 2 N–H and O–H groups in total. The maximum absolute atomic E-state index is 12.6. The van der Waals surface area contributed by atoms with Crippen LogP contribution in [0.2, 0.25) is 0 Å². The maximum Gasteiger partial charge on any atom is 0.478 e. The SMILES string of the molecule is COC(=O)CCNC(=O)[C@@H]1O[P@@](=O)(OCOC(=O)c2cc(C(C)(C)C)n[nH]2)OCC1C. The van der Waals surface area contributed by atoms with Crippen molar-refractivity contribution in [3.05, 3.63) is 17.5 Å². The molecule has 31 heavy (non-hydrogen) atoms. The lowest BCUT2D eigenvalue weighted by Crippen LogP contribution is -2.44. The predicted molar refractivity (Wildman–Crippen MR) is 106 cm³/mol. The van der Waals surface area contributed by atoms with Crippen molar-refractivity contribution < 1.29 is 42.0 Å². The van der Waals surface area contributed by atoms with Crippen LogP contribution in [-0.4, -0.2) is 61.2 Å². The topological polar surface area (TPSA) is 155 Å². The summed E-state index contributed by atoms with van der Waals surface area (Å²) in [5.74, 6) is -2.25. The number of esters is 2. The van der Waals surface area contributed by atoms with Gasteiger partial charge in [0, 0.05) is 17.9 Å². The van der Waals surface area contributed by atoms with Gasteiger partial charge in [-0.15, -0.1) is 0 Å². The molecule has 3 atom stereocenters. The molecule has 1 amide bonds. The fraction of sp³-hybridized carbons (Fsp3) is 0.667. The van der Waals surface area contributed by atoms with Gasteiger partial charge in [0.15, 0.2) is 6.10 Å². The number of H-pyrrole nitrogens is 1. The molecular weight excluding hydrogens is 433 g/mol. The van der Waals surface area contributed by atoms with Gasteiger partial charge >= 0.3 is 19.8 Å². The number of phosphoric acid groups is 1. The Morgan fingerprint density at radius 2 is 2.06 bits per heavy atom. The monoisotopic (exact) mass is 461 g/mol. The first-order chi connectivity index (χ1) is 14.4. The van der Waals surface area contributed by atoms with E-state index in [1.54, 1.807) is 13.0 Å². The van der Waals surface area contributed by atoms with Crippen LogP contribution in [0.15, 0.2) is 6.07 Å². The van der Waals surface area contributed by atoms with E-state index in [0.717, 1.165) is 0 Å². The normalized spacial score (nSPS) is 23.8. The zero-order chi connectivity index (χ0) is 23.2. The zero-order valence-corrected chi connectivity index (χ0v) is 19.0. The van der Waals surface area contributed by atoms with E-state index in [-0.39, 0.29) is 30.7 Å². The number of aromatic amines is 1. The largest absolute Gasteiger partial charge is 0.478 e. The highest BCUT2D eigenvalue weighted by molar-refractivity contribution is 7.48. The third kappa shape index (κ3) is 7.13. The fourth-order valence-electron chi connectivity index (χ4n) is 2.47. The number of nitrogens with zero attached hydrogens (tertiary/aromatic N) is 1. The second-order valence-electron chi connectivity index (χ2n) is 7.96. The Balaban J connectivity index is 1.86. The van der Waals surface area contributed by atoms with E-state index in [4.69, 9.17) is 18.3 Å². The fourth-order valence-corrected chi connectivity index (χ4v) is 3.84. The average Bonchev–Trinajstić information content (AvgIpc) is 3.20. The number of carbonyl (C=O) groups is 3. The van der Waals surface area contributed by atoms with Crippen LogP contribution >= 0.6 is 7.82 Å². The summed E-state index contributed by atoms with van der Waals surface area (Å²) in [6, 6.07) is 1.55. The van der Waals surface area contributed by atoms with Crippen LogP contribution in [0.3, 0.4) is 0 Å². The number of hydrogen-bond donors (Lipinski definition) is 2. The number of carbonyl (C=O) groups excluding carboxylic acids is 3. The summed E-state index contributed by atoms with van der Waals surface area (Å²) in [6.45, 7) is 6.72. The first-order valence-corrected chi connectivity index (χ1v) is 11.1. The Morgan fingerprint density at radius 1 is 1.35 bits per heavy atom. The highest BCUT2D eigenvalue weighted by Crippen LogP contribution is 2.54. The minimum atomic E-state index is -4.14. The smallest absolute Gasteiger partial charge is 0.469 e. The Bertz CT molecular complexity index is 849. The molecule has 1 aromatic rings. The van der Waals surface area contributed by atoms with Gasteiger partial charge in [0.05, 0.1) is 25.8 Å². The lowest BCUT2D eigenvalue weighted by molar-refractivity contribution is -0.141. The third-order valence-electron chi connectivity index (χ3n) is 4.34. The molecule has 1 saturated heterocycles. The summed E-state index contributed by atoms with van der Waals surface area (Å²) in [5.41, 5.74) is 0.513. The molecule has 12 nitrogen and oxygen atoms in total. The van der Waals surface area contributed by atoms with Crippen LogP contribution in [0.25, 0.3) is 0 Å². The highest BCUT2D eigenvalue weighted by atomic mass is 31.2. The van der Waals surface area contributed by atoms with Gasteiger partial charge in [-0.2, -0.15) is 5.10 Å². The summed E-state index contributed by atoms with van der Waals surface area (Å²) in [7, 11) is -2.90. The van der Waals surface area contributed by atoms with Gasteiger partial charge in [0.25, 0.3) is 0 Å². The van der Waals surface area contributed by atoms with E-state index in [1.165, 1.54) is 7.11 Å². The first kappa shape index (κ1) is 25.0. The Labute approximate surface area is 179 Å². The number of rotatable bonds is 8. The van der Waals surface area contributed by atoms with Crippen molar-refractivity contribution in [2.45, 2.75) is 45.6 Å². The molecule has 2 rings (SSSR count). The van der Waals surface area contributed by atoms with E-state index in [0.29, 0.717) is 5.69 Å². The number of nitrogens with one attached hydrogen (secondary N) is 2. The number of hydrogen-bond acceptors (Lipinski definition) is 10. The van der Waals surface area contributed by atoms with Crippen LogP contribution in [-0.2, 0) is 42.6 Å². The summed E-state index contributed by atoms with van der Waals surface area (Å²) in [6.07, 6.45) is -1.15. The molecule has 1 fully saturated rings. The van der Waals surface area contributed by atoms with Crippen molar-refractivity contribution in [3.8, 4) is 0 Å². The molecule has 0 radical (unpaired) electrons. The van der Waals surface area contributed by atoms with Crippen LogP contribution in [0.1, 0.15) is 50.3 Å². The molecule has 0 saturated carbocycles. The second-order valence-corrected chi connectivity index (χ2v) is 9.58. The van der Waals surface area contributed by atoms with Crippen molar-refractivity contribution in [2.75, 3.05) is 27.1 Å². The third-order valence-corrected chi connectivity index (χ3v) is 5.71. The molecule has 13 heteroatoms. The molecule has 1 unspecified atom stereocenters. The molecule has 1 aliphatic heterocycles. The van der Waals surface area contributed by atoms with Crippen molar-refractivity contribution in [3.63, 3.8) is 0 Å². The predicted octanol–water partition coefficient (Wildman–Crippen LogP) is 1.68. The molecule has 2 heterocycles. The number of methoxy groups -OCH3 is 1. The minimum Gasteiger partial charge on any atom is -0.469 e. The minimum absolute atomic E-state index is 0.0194. The standard InChI is InChI=1S/C18H28N3O9P/c1-11-9-28-31(25,30-15(11)16(23)19-7-6-14(22)26-5)29-10-27-17(24)12-8-13(21-20-12)18(2,3)4/h8,11,15H,6-7,9-10H2,1-5H3,(H,19,23)(H,20,21)/t11?,15-,31-/m1/s1. The van der Waals surface area contributed by atoms with Crippen LogP contribution < -0.4 is 5.32 Å². The number of amides is 1.